The van der Waals surface area contributed by atoms with Crippen molar-refractivity contribution in [2.45, 2.75) is 12.8 Å². The fraction of sp³-hybridized carbons (Fsp3) is 0.273. The molecule has 0 radical (unpaired) electrons. The van der Waals surface area contributed by atoms with Gasteiger partial charge in [-0.2, -0.15) is 5.10 Å². The number of nitrogens with one attached hydrogen (secondary N) is 2. The number of H-pyrrole nitrogens is 1. The molecule has 0 unspecified atom stereocenters. The number of anilines is 1. The highest BCUT2D eigenvalue weighted by Gasteiger charge is 2.08. The number of nitrogens with two attached hydrogens (primary N) is 1. The first-order valence-electron chi connectivity index (χ1n) is 5.70. The first-order chi connectivity index (χ1) is 9.16. The van der Waals surface area contributed by atoms with Gasteiger partial charge in [0, 0.05) is 19.2 Å². The zero-order valence-corrected chi connectivity index (χ0v) is 10.8. The van der Waals surface area contributed by atoms with Crippen molar-refractivity contribution < 1.29 is 4.79 Å². The maximum atomic E-state index is 11.8. The van der Waals surface area contributed by atoms with Crippen LogP contribution in [-0.2, 0) is 6.42 Å². The van der Waals surface area contributed by atoms with Crippen LogP contribution in [-0.4, -0.2) is 32.6 Å². The Morgan fingerprint density at radius 2 is 2.32 bits per heavy atom. The topological polar surface area (TPSA) is 110 Å². The van der Waals surface area contributed by atoms with Gasteiger partial charge in [-0.05, 0) is 12.5 Å². The van der Waals surface area contributed by atoms with Crippen LogP contribution < -0.4 is 11.1 Å². The minimum Gasteiger partial charge on any atom is -0.382 e. The lowest BCUT2D eigenvalue weighted by atomic mass is 10.2. The quantitative estimate of drug-likeness (QED) is 0.702. The fourth-order valence-electron chi connectivity index (χ4n) is 1.48. The number of aromatic amines is 1. The molecule has 0 aliphatic carbocycles. The molecule has 0 aliphatic rings. The van der Waals surface area contributed by atoms with E-state index in [4.69, 9.17) is 17.3 Å². The van der Waals surface area contributed by atoms with Crippen LogP contribution in [0.5, 0.6) is 0 Å². The molecule has 1 amide bonds. The molecule has 19 heavy (non-hydrogen) atoms. The van der Waals surface area contributed by atoms with Gasteiger partial charge in [-0.1, -0.05) is 11.6 Å². The Hall–Kier alpha value is -2.15. The number of nitrogens with zero attached hydrogens (tertiary/aromatic N) is 3. The molecule has 100 valence electrons. The number of halogens is 1. The van der Waals surface area contributed by atoms with Crippen LogP contribution in [0.25, 0.3) is 0 Å². The Labute approximate surface area is 114 Å². The second kappa shape index (κ2) is 6.14. The molecule has 2 aromatic heterocycles. The highest BCUT2D eigenvalue weighted by Crippen LogP contribution is 2.16. The molecule has 8 heteroatoms. The number of aryl methyl sites for hydroxylation is 1. The van der Waals surface area contributed by atoms with Gasteiger partial charge in [0.05, 0.1) is 10.6 Å². The first kappa shape index (κ1) is 13.3. The van der Waals surface area contributed by atoms with Crippen LogP contribution in [0.2, 0.25) is 5.02 Å². The van der Waals surface area contributed by atoms with E-state index in [9.17, 15) is 4.79 Å². The predicted octanol–water partition coefficient (Wildman–Crippen LogP) is 0.798. The van der Waals surface area contributed by atoms with Crippen LogP contribution in [0.15, 0.2) is 18.6 Å². The molecule has 2 aromatic rings. The summed E-state index contributed by atoms with van der Waals surface area (Å²) in [5.41, 5.74) is 5.86. The van der Waals surface area contributed by atoms with Crippen molar-refractivity contribution >= 4 is 23.3 Å². The maximum Gasteiger partial charge on any atom is 0.252 e. The number of hydrogen-bond donors (Lipinski definition) is 3. The lowest BCUT2D eigenvalue weighted by molar-refractivity contribution is 0.0953. The van der Waals surface area contributed by atoms with Crippen LogP contribution >= 0.6 is 11.6 Å². The van der Waals surface area contributed by atoms with Gasteiger partial charge in [0.25, 0.3) is 5.91 Å². The number of amides is 1. The molecule has 0 saturated carbocycles. The second-order valence-corrected chi connectivity index (χ2v) is 4.29. The monoisotopic (exact) mass is 280 g/mol. The third-order valence-corrected chi connectivity index (χ3v) is 2.78. The van der Waals surface area contributed by atoms with Gasteiger partial charge in [-0.15, -0.1) is 0 Å². The number of pyridine rings is 1. The lowest BCUT2D eigenvalue weighted by Gasteiger charge is -2.05. The molecule has 0 saturated heterocycles. The molecule has 0 spiro atoms. The fourth-order valence-corrected chi connectivity index (χ4v) is 1.65. The van der Waals surface area contributed by atoms with Crippen molar-refractivity contribution in [3.05, 3.63) is 35.0 Å². The minimum absolute atomic E-state index is 0.212. The molecular weight excluding hydrogens is 268 g/mol. The standard InChI is InChI=1S/C11H13ClN6O/c12-8-4-7(5-15-10(8)13)11(19)14-3-1-2-9-16-6-17-18-9/h4-6H,1-3H2,(H2,13,15)(H,14,19)(H,16,17,18). The Kier molecular flexibility index (Phi) is 4.30. The summed E-state index contributed by atoms with van der Waals surface area (Å²) in [6.45, 7) is 0.529. The molecule has 7 nitrogen and oxygen atoms in total. The first-order valence-corrected chi connectivity index (χ1v) is 6.08. The van der Waals surface area contributed by atoms with E-state index in [0.29, 0.717) is 12.1 Å². The van der Waals surface area contributed by atoms with Gasteiger partial charge < -0.3 is 11.1 Å². The maximum absolute atomic E-state index is 11.8. The number of aromatic nitrogens is 4. The van der Waals surface area contributed by atoms with Crippen molar-refractivity contribution in [3.8, 4) is 0 Å². The smallest absolute Gasteiger partial charge is 0.252 e. The van der Waals surface area contributed by atoms with E-state index in [0.717, 1.165) is 18.7 Å². The summed E-state index contributed by atoms with van der Waals surface area (Å²) in [4.78, 5) is 19.6. The Balaban J connectivity index is 1.79. The summed E-state index contributed by atoms with van der Waals surface area (Å²) in [5, 5.41) is 9.54. The Bertz CT molecular complexity index is 556. The van der Waals surface area contributed by atoms with Gasteiger partial charge in [-0.25, -0.2) is 9.97 Å². The van der Waals surface area contributed by atoms with Crippen LogP contribution in [0.3, 0.4) is 0 Å². The average Bonchev–Trinajstić information content (AvgIpc) is 2.91. The van der Waals surface area contributed by atoms with E-state index in [2.05, 4.69) is 25.5 Å². The molecule has 0 aromatic carbocycles. The van der Waals surface area contributed by atoms with Crippen molar-refractivity contribution in [1.82, 2.24) is 25.5 Å². The third kappa shape index (κ3) is 3.65. The van der Waals surface area contributed by atoms with E-state index in [1.54, 1.807) is 0 Å². The van der Waals surface area contributed by atoms with Gasteiger partial charge in [-0.3, -0.25) is 9.89 Å². The second-order valence-electron chi connectivity index (χ2n) is 3.88. The number of rotatable bonds is 5. The molecular formula is C11H13ClN6O. The SMILES string of the molecule is Nc1ncc(C(=O)NCCCc2ncn[nH]2)cc1Cl. The zero-order valence-electron chi connectivity index (χ0n) is 10.1. The van der Waals surface area contributed by atoms with E-state index >= 15 is 0 Å². The van der Waals surface area contributed by atoms with Gasteiger partial charge in [0.2, 0.25) is 0 Å². The number of carbonyl (C=O) groups excluding carboxylic acids is 1. The van der Waals surface area contributed by atoms with E-state index in [-0.39, 0.29) is 16.7 Å². The Morgan fingerprint density at radius 3 is 3.00 bits per heavy atom. The van der Waals surface area contributed by atoms with E-state index in [1.165, 1.54) is 18.6 Å². The molecule has 0 aliphatic heterocycles. The van der Waals surface area contributed by atoms with Crippen LogP contribution in [0.4, 0.5) is 5.82 Å². The predicted molar refractivity (Wildman–Crippen MR) is 70.7 cm³/mol. The van der Waals surface area contributed by atoms with Crippen molar-refractivity contribution in [2.75, 3.05) is 12.3 Å². The average molecular weight is 281 g/mol. The third-order valence-electron chi connectivity index (χ3n) is 2.47. The lowest BCUT2D eigenvalue weighted by Crippen LogP contribution is -2.25. The molecule has 4 N–H and O–H groups in total. The summed E-state index contributed by atoms with van der Waals surface area (Å²) < 4.78 is 0. The van der Waals surface area contributed by atoms with Gasteiger partial charge in [0.1, 0.15) is 18.0 Å². The van der Waals surface area contributed by atoms with Crippen molar-refractivity contribution in [2.24, 2.45) is 0 Å². The largest absolute Gasteiger partial charge is 0.382 e. The van der Waals surface area contributed by atoms with E-state index < -0.39 is 0 Å². The van der Waals surface area contributed by atoms with E-state index in [1.807, 2.05) is 0 Å². The molecule has 2 rings (SSSR count). The summed E-state index contributed by atoms with van der Waals surface area (Å²) in [6, 6.07) is 1.50. The number of carbonyl (C=O) groups is 1. The van der Waals surface area contributed by atoms with Crippen LogP contribution in [0.1, 0.15) is 22.6 Å². The highest BCUT2D eigenvalue weighted by atomic mass is 35.5. The highest BCUT2D eigenvalue weighted by molar-refractivity contribution is 6.33. The summed E-state index contributed by atoms with van der Waals surface area (Å²) in [7, 11) is 0. The van der Waals surface area contributed by atoms with Crippen molar-refractivity contribution in [3.63, 3.8) is 0 Å². The summed E-state index contributed by atoms with van der Waals surface area (Å²) in [6.07, 6.45) is 4.33. The molecule has 0 fully saturated rings. The Morgan fingerprint density at radius 1 is 1.47 bits per heavy atom. The minimum atomic E-state index is -0.230. The van der Waals surface area contributed by atoms with Gasteiger partial charge in [0.15, 0.2) is 0 Å². The van der Waals surface area contributed by atoms with Crippen LogP contribution in [0, 0.1) is 0 Å². The summed E-state index contributed by atoms with van der Waals surface area (Å²) in [5.74, 6) is 0.780. The van der Waals surface area contributed by atoms with Crippen molar-refractivity contribution in [1.29, 1.82) is 0 Å². The molecule has 0 bridgehead atoms. The normalized spacial score (nSPS) is 10.4. The molecule has 0 atom stereocenters. The summed E-state index contributed by atoms with van der Waals surface area (Å²) >= 11 is 5.80. The zero-order chi connectivity index (χ0) is 13.7. The number of hydrogen-bond acceptors (Lipinski definition) is 5. The van der Waals surface area contributed by atoms with Gasteiger partial charge >= 0.3 is 0 Å². The number of nitrogen functional groups attached to an aromatic ring is 1. The molecule has 2 heterocycles.